The quantitative estimate of drug-likeness (QED) is 0.326. The highest BCUT2D eigenvalue weighted by Crippen LogP contribution is 2.46. The number of hydrogen-bond donors (Lipinski definition) is 1. The number of rotatable bonds is 9. The fraction of sp³-hybridized carbons (Fsp3) is 0.462. The second-order valence-corrected chi connectivity index (χ2v) is 6.21. The molecule has 0 aliphatic heterocycles. The molecule has 0 aliphatic carbocycles. The molecule has 112 valence electrons. The Balaban J connectivity index is 2.40. The number of carbonyl (C=O) groups excluding carboxylic acids is 1. The molecule has 6 nitrogen and oxygen atoms in total. The molecular weight excluding hydrogens is 281 g/mol. The van der Waals surface area contributed by atoms with Crippen LogP contribution in [0.5, 0.6) is 0 Å². The number of benzene rings is 1. The number of esters is 1. The lowest BCUT2D eigenvalue weighted by molar-refractivity contribution is -0.142. The number of hydrogen-bond acceptors (Lipinski definition) is 6. The Kier molecular flexibility index (Phi) is 7.47. The number of ether oxygens (including phenoxy) is 1. The summed E-state index contributed by atoms with van der Waals surface area (Å²) in [7, 11) is -3.60. The van der Waals surface area contributed by atoms with Crippen molar-refractivity contribution >= 4 is 13.6 Å². The van der Waals surface area contributed by atoms with Crippen LogP contribution in [-0.4, -0.2) is 18.7 Å². The average molecular weight is 301 g/mol. The molecule has 1 unspecified atom stereocenters. The van der Waals surface area contributed by atoms with Crippen molar-refractivity contribution in [3.63, 3.8) is 0 Å². The predicted octanol–water partition coefficient (Wildman–Crippen LogP) is 2.63. The van der Waals surface area contributed by atoms with Crippen LogP contribution in [-0.2, 0) is 29.9 Å². The Labute approximate surface area is 118 Å². The zero-order valence-corrected chi connectivity index (χ0v) is 12.4. The Morgan fingerprint density at radius 3 is 2.60 bits per heavy atom. The number of carbonyl (C=O) groups is 1. The third-order valence-corrected chi connectivity index (χ3v) is 4.05. The summed E-state index contributed by atoms with van der Waals surface area (Å²) in [6.07, 6.45) is 1.11. The first-order chi connectivity index (χ1) is 9.59. The van der Waals surface area contributed by atoms with Crippen LogP contribution in [0.25, 0.3) is 0 Å². The molecule has 0 aliphatic rings. The van der Waals surface area contributed by atoms with Gasteiger partial charge in [-0.3, -0.25) is 9.36 Å². The van der Waals surface area contributed by atoms with Crippen molar-refractivity contribution in [1.29, 1.82) is 0 Å². The van der Waals surface area contributed by atoms with Crippen molar-refractivity contribution in [2.75, 3.05) is 12.8 Å². The maximum absolute atomic E-state index is 12.0. The van der Waals surface area contributed by atoms with Gasteiger partial charge in [-0.15, -0.1) is 0 Å². The third kappa shape index (κ3) is 6.30. The monoisotopic (exact) mass is 301 g/mol. The first-order valence-electron chi connectivity index (χ1n) is 6.41. The molecule has 20 heavy (non-hydrogen) atoms. The number of nitrogens with two attached hydrogens (primary N) is 1. The molecule has 0 spiro atoms. The van der Waals surface area contributed by atoms with Crippen molar-refractivity contribution in [3.05, 3.63) is 35.9 Å². The van der Waals surface area contributed by atoms with Crippen molar-refractivity contribution in [1.82, 2.24) is 0 Å². The summed E-state index contributed by atoms with van der Waals surface area (Å²) < 4.78 is 26.4. The van der Waals surface area contributed by atoms with Crippen molar-refractivity contribution < 1.29 is 23.2 Å². The van der Waals surface area contributed by atoms with E-state index in [0.29, 0.717) is 6.42 Å². The van der Waals surface area contributed by atoms with E-state index >= 15 is 0 Å². The van der Waals surface area contributed by atoms with Gasteiger partial charge in [-0.2, -0.15) is 0 Å². The molecule has 1 aromatic rings. The van der Waals surface area contributed by atoms with Crippen LogP contribution in [0.2, 0.25) is 0 Å². The molecule has 1 rings (SSSR count). The Hall–Kier alpha value is -1.20. The summed E-state index contributed by atoms with van der Waals surface area (Å²) in [5, 5.41) is 0. The van der Waals surface area contributed by atoms with E-state index in [9.17, 15) is 9.36 Å². The second-order valence-electron chi connectivity index (χ2n) is 4.21. The van der Waals surface area contributed by atoms with Gasteiger partial charge < -0.3 is 9.26 Å². The molecule has 2 N–H and O–H groups in total. The third-order valence-electron chi connectivity index (χ3n) is 2.51. The molecule has 0 fully saturated rings. The average Bonchev–Trinajstić information content (AvgIpc) is 2.46. The summed E-state index contributed by atoms with van der Waals surface area (Å²) in [5.41, 5.74) is 0.844. The number of unbranched alkanes of at least 4 members (excludes halogenated alkanes) is 1. The standard InChI is InChI=1S/C13H20NO5P/c1-2-3-9-18-20(16,19-14)11-13(15)17-10-12-7-5-4-6-8-12/h4-8H,2-3,9-11,14H2,1H3. The van der Waals surface area contributed by atoms with E-state index in [1.165, 1.54) is 0 Å². The van der Waals surface area contributed by atoms with E-state index in [0.717, 1.165) is 12.0 Å². The molecule has 1 atom stereocenters. The zero-order valence-electron chi connectivity index (χ0n) is 11.5. The Morgan fingerprint density at radius 1 is 1.30 bits per heavy atom. The van der Waals surface area contributed by atoms with Crippen LogP contribution in [0.1, 0.15) is 25.3 Å². The molecular formula is C13H20NO5P. The van der Waals surface area contributed by atoms with Crippen molar-refractivity contribution in [2.45, 2.75) is 26.4 Å². The van der Waals surface area contributed by atoms with Crippen LogP contribution in [0, 0.1) is 0 Å². The lowest BCUT2D eigenvalue weighted by Crippen LogP contribution is -2.15. The van der Waals surface area contributed by atoms with Crippen molar-refractivity contribution in [3.8, 4) is 0 Å². The molecule has 0 aromatic heterocycles. The van der Waals surface area contributed by atoms with Crippen molar-refractivity contribution in [2.24, 2.45) is 5.90 Å². The predicted molar refractivity (Wildman–Crippen MR) is 74.8 cm³/mol. The molecule has 0 bridgehead atoms. The Bertz CT molecular complexity index is 451. The van der Waals surface area contributed by atoms with E-state index in [2.05, 4.69) is 4.62 Å². The van der Waals surface area contributed by atoms with Crippen LogP contribution in [0.4, 0.5) is 0 Å². The summed E-state index contributed by atoms with van der Waals surface area (Å²) in [6, 6.07) is 9.19. The Morgan fingerprint density at radius 2 is 2.00 bits per heavy atom. The molecule has 0 saturated carbocycles. The normalized spacial score (nSPS) is 13.7. The van der Waals surface area contributed by atoms with E-state index in [1.54, 1.807) is 0 Å². The topological polar surface area (TPSA) is 87.9 Å². The largest absolute Gasteiger partial charge is 0.460 e. The maximum Gasteiger partial charge on any atom is 0.357 e. The molecule has 0 amide bonds. The maximum atomic E-state index is 12.0. The fourth-order valence-electron chi connectivity index (χ4n) is 1.40. The second kappa shape index (κ2) is 8.87. The first-order valence-corrected chi connectivity index (χ1v) is 8.14. The fourth-order valence-corrected chi connectivity index (χ4v) is 2.44. The van der Waals surface area contributed by atoms with Crippen LogP contribution in [0.15, 0.2) is 30.3 Å². The van der Waals surface area contributed by atoms with Gasteiger partial charge in [0.05, 0.1) is 6.61 Å². The highest BCUT2D eigenvalue weighted by atomic mass is 31.2. The minimum absolute atomic E-state index is 0.110. The minimum Gasteiger partial charge on any atom is -0.460 e. The summed E-state index contributed by atoms with van der Waals surface area (Å²) in [6.45, 7) is 2.31. The van der Waals surface area contributed by atoms with Crippen LogP contribution in [0.3, 0.4) is 0 Å². The first kappa shape index (κ1) is 16.9. The summed E-state index contributed by atoms with van der Waals surface area (Å²) in [5.74, 6) is 4.28. The summed E-state index contributed by atoms with van der Waals surface area (Å²) >= 11 is 0. The van der Waals surface area contributed by atoms with Gasteiger partial charge in [0.15, 0.2) is 0 Å². The van der Waals surface area contributed by atoms with E-state index < -0.39 is 19.7 Å². The van der Waals surface area contributed by atoms with Crippen LogP contribution < -0.4 is 5.90 Å². The van der Waals surface area contributed by atoms with E-state index in [4.69, 9.17) is 15.2 Å². The van der Waals surface area contributed by atoms with Gasteiger partial charge in [0.25, 0.3) is 0 Å². The molecule has 0 radical (unpaired) electrons. The smallest absolute Gasteiger partial charge is 0.357 e. The van der Waals surface area contributed by atoms with Gasteiger partial charge in [-0.25, -0.2) is 10.5 Å². The van der Waals surface area contributed by atoms with Gasteiger partial charge >= 0.3 is 13.6 Å². The highest BCUT2D eigenvalue weighted by Gasteiger charge is 2.28. The molecule has 0 heterocycles. The van der Waals surface area contributed by atoms with Gasteiger partial charge in [-0.1, -0.05) is 43.7 Å². The lowest BCUT2D eigenvalue weighted by atomic mass is 10.2. The van der Waals surface area contributed by atoms with E-state index in [1.807, 2.05) is 37.3 Å². The molecule has 1 aromatic carbocycles. The van der Waals surface area contributed by atoms with Gasteiger partial charge in [0.1, 0.15) is 12.8 Å². The van der Waals surface area contributed by atoms with Gasteiger partial charge in [0, 0.05) is 0 Å². The summed E-state index contributed by atoms with van der Waals surface area (Å²) in [4.78, 5) is 11.6. The highest BCUT2D eigenvalue weighted by molar-refractivity contribution is 7.54. The zero-order chi connectivity index (χ0) is 14.8. The molecule has 7 heteroatoms. The van der Waals surface area contributed by atoms with E-state index in [-0.39, 0.29) is 13.2 Å². The van der Waals surface area contributed by atoms with Gasteiger partial charge in [-0.05, 0) is 12.0 Å². The SMILES string of the molecule is CCCCOP(=O)(CC(=O)OCc1ccccc1)ON. The minimum atomic E-state index is -3.60. The van der Waals surface area contributed by atoms with Gasteiger partial charge in [0.2, 0.25) is 0 Å². The van der Waals surface area contributed by atoms with Crippen LogP contribution >= 0.6 is 7.60 Å². The molecule has 0 saturated heterocycles. The lowest BCUT2D eigenvalue weighted by Gasteiger charge is -2.14.